The minimum absolute atomic E-state index is 0.184. The van der Waals surface area contributed by atoms with E-state index < -0.39 is 5.97 Å². The van der Waals surface area contributed by atoms with Gasteiger partial charge in [0, 0.05) is 17.9 Å². The summed E-state index contributed by atoms with van der Waals surface area (Å²) in [5.41, 5.74) is 3.23. The Labute approximate surface area is 163 Å². The molecular formula is C22H21NO5. The highest BCUT2D eigenvalue weighted by Crippen LogP contribution is 2.26. The van der Waals surface area contributed by atoms with Crippen LogP contribution in [0, 0.1) is 19.8 Å². The summed E-state index contributed by atoms with van der Waals surface area (Å²) < 4.78 is 5.10. The molecule has 0 N–H and O–H groups in total. The van der Waals surface area contributed by atoms with Gasteiger partial charge >= 0.3 is 5.97 Å². The maximum Gasteiger partial charge on any atom is 0.338 e. The van der Waals surface area contributed by atoms with Crippen molar-refractivity contribution in [3.05, 3.63) is 64.7 Å². The standard InChI is InChI=1S/C22H21NO5/c1-13-4-5-17(10-14(13)2)19(24)12-28-22(27)16-6-8-18(9-7-16)23-20(25)11-15(3)21(23)26/h4-10,15H,11-12H2,1-3H3. The van der Waals surface area contributed by atoms with E-state index in [1.54, 1.807) is 19.1 Å². The molecule has 1 aliphatic rings. The highest BCUT2D eigenvalue weighted by Gasteiger charge is 2.36. The lowest BCUT2D eigenvalue weighted by molar-refractivity contribution is -0.122. The van der Waals surface area contributed by atoms with Crippen LogP contribution in [0.3, 0.4) is 0 Å². The van der Waals surface area contributed by atoms with Crippen molar-refractivity contribution >= 4 is 29.3 Å². The van der Waals surface area contributed by atoms with Crippen LogP contribution in [-0.4, -0.2) is 30.2 Å². The van der Waals surface area contributed by atoms with Gasteiger partial charge in [0.1, 0.15) is 0 Å². The molecule has 2 aromatic carbocycles. The van der Waals surface area contributed by atoms with Crippen molar-refractivity contribution in [2.45, 2.75) is 27.2 Å². The van der Waals surface area contributed by atoms with Crippen molar-refractivity contribution in [1.82, 2.24) is 0 Å². The molecule has 1 saturated heterocycles. The quantitative estimate of drug-likeness (QED) is 0.453. The first-order chi connectivity index (χ1) is 13.3. The van der Waals surface area contributed by atoms with Gasteiger partial charge in [0.25, 0.3) is 0 Å². The lowest BCUT2D eigenvalue weighted by Gasteiger charge is -2.14. The van der Waals surface area contributed by atoms with E-state index in [9.17, 15) is 19.2 Å². The first-order valence-electron chi connectivity index (χ1n) is 9.02. The van der Waals surface area contributed by atoms with Gasteiger partial charge in [0.2, 0.25) is 11.8 Å². The van der Waals surface area contributed by atoms with Gasteiger partial charge in [-0.15, -0.1) is 0 Å². The monoisotopic (exact) mass is 379 g/mol. The van der Waals surface area contributed by atoms with Gasteiger partial charge in [0.15, 0.2) is 12.4 Å². The summed E-state index contributed by atoms with van der Waals surface area (Å²) >= 11 is 0. The molecule has 144 valence electrons. The third-order valence-corrected chi connectivity index (χ3v) is 4.90. The predicted octanol–water partition coefficient (Wildman–Crippen LogP) is 3.24. The highest BCUT2D eigenvalue weighted by atomic mass is 16.5. The Balaban J connectivity index is 1.63. The van der Waals surface area contributed by atoms with Crippen LogP contribution in [0.2, 0.25) is 0 Å². The molecule has 6 heteroatoms. The van der Waals surface area contributed by atoms with Gasteiger partial charge in [-0.2, -0.15) is 0 Å². The number of benzene rings is 2. The van der Waals surface area contributed by atoms with Crippen molar-refractivity contribution in [3.8, 4) is 0 Å². The maximum absolute atomic E-state index is 12.2. The minimum atomic E-state index is -0.642. The smallest absolute Gasteiger partial charge is 0.338 e. The number of ether oxygens (including phenoxy) is 1. The fourth-order valence-electron chi connectivity index (χ4n) is 3.01. The first-order valence-corrected chi connectivity index (χ1v) is 9.02. The number of anilines is 1. The summed E-state index contributed by atoms with van der Waals surface area (Å²) in [6, 6.07) is 11.3. The lowest BCUT2D eigenvalue weighted by Crippen LogP contribution is -2.29. The molecule has 1 unspecified atom stereocenters. The second kappa shape index (κ2) is 7.76. The van der Waals surface area contributed by atoms with Crippen molar-refractivity contribution < 1.29 is 23.9 Å². The molecule has 0 aromatic heterocycles. The zero-order valence-corrected chi connectivity index (χ0v) is 16.0. The fraction of sp³-hybridized carbons (Fsp3) is 0.273. The van der Waals surface area contributed by atoms with E-state index in [-0.39, 0.29) is 42.1 Å². The van der Waals surface area contributed by atoms with Crippen LogP contribution in [-0.2, 0) is 14.3 Å². The Bertz CT molecular complexity index is 961. The average Bonchev–Trinajstić information content (AvgIpc) is 2.93. The predicted molar refractivity (Wildman–Crippen MR) is 103 cm³/mol. The number of carbonyl (C=O) groups is 4. The number of aryl methyl sites for hydroxylation is 2. The molecule has 0 spiro atoms. The molecule has 2 aromatic rings. The summed E-state index contributed by atoms with van der Waals surface area (Å²) in [5.74, 6) is -1.77. The normalized spacial score (nSPS) is 16.4. The van der Waals surface area contributed by atoms with Gasteiger partial charge in [0.05, 0.1) is 11.3 Å². The van der Waals surface area contributed by atoms with Crippen LogP contribution in [0.4, 0.5) is 5.69 Å². The Morgan fingerprint density at radius 3 is 2.21 bits per heavy atom. The van der Waals surface area contributed by atoms with Crippen molar-refractivity contribution in [2.75, 3.05) is 11.5 Å². The van der Waals surface area contributed by atoms with Gasteiger partial charge in [-0.25, -0.2) is 4.79 Å². The number of esters is 1. The Kier molecular flexibility index (Phi) is 5.40. The zero-order chi connectivity index (χ0) is 20.4. The van der Waals surface area contributed by atoms with E-state index in [0.717, 1.165) is 16.0 Å². The Morgan fingerprint density at radius 1 is 1.00 bits per heavy atom. The number of amides is 2. The van der Waals surface area contributed by atoms with Crippen LogP contribution in [0.5, 0.6) is 0 Å². The number of ketones is 1. The molecule has 3 rings (SSSR count). The minimum Gasteiger partial charge on any atom is -0.454 e. The summed E-state index contributed by atoms with van der Waals surface area (Å²) in [6.45, 7) is 5.22. The van der Waals surface area contributed by atoms with Gasteiger partial charge in [-0.3, -0.25) is 19.3 Å². The van der Waals surface area contributed by atoms with E-state index in [1.807, 2.05) is 19.9 Å². The highest BCUT2D eigenvalue weighted by molar-refractivity contribution is 6.20. The molecule has 0 bridgehead atoms. The molecule has 1 atom stereocenters. The summed E-state index contributed by atoms with van der Waals surface area (Å²) in [4.78, 5) is 49.6. The molecule has 28 heavy (non-hydrogen) atoms. The second-order valence-electron chi connectivity index (χ2n) is 7.02. The zero-order valence-electron chi connectivity index (χ0n) is 16.0. The third kappa shape index (κ3) is 3.86. The average molecular weight is 379 g/mol. The molecule has 1 aliphatic heterocycles. The summed E-state index contributed by atoms with van der Waals surface area (Å²) in [7, 11) is 0. The lowest BCUT2D eigenvalue weighted by atomic mass is 10.0. The van der Waals surface area contributed by atoms with Crippen molar-refractivity contribution in [1.29, 1.82) is 0 Å². The molecular weight excluding hydrogens is 358 g/mol. The first kappa shape index (κ1) is 19.5. The number of hydrogen-bond donors (Lipinski definition) is 0. The number of carbonyl (C=O) groups excluding carboxylic acids is 4. The Hall–Kier alpha value is -3.28. The van der Waals surface area contributed by atoms with Crippen molar-refractivity contribution in [2.24, 2.45) is 5.92 Å². The van der Waals surface area contributed by atoms with Crippen molar-refractivity contribution in [3.63, 3.8) is 0 Å². The summed E-state index contributed by atoms with van der Waals surface area (Å²) in [6.07, 6.45) is 0.184. The molecule has 0 saturated carbocycles. The molecule has 2 amide bonds. The van der Waals surface area contributed by atoms with E-state index in [0.29, 0.717) is 11.3 Å². The van der Waals surface area contributed by atoms with E-state index >= 15 is 0 Å². The number of Topliss-reactive ketones (excluding diaryl/α,β-unsaturated/α-hetero) is 1. The molecule has 1 heterocycles. The number of hydrogen-bond acceptors (Lipinski definition) is 5. The van der Waals surface area contributed by atoms with Gasteiger partial charge < -0.3 is 4.74 Å². The van der Waals surface area contributed by atoms with Crippen LogP contribution in [0.15, 0.2) is 42.5 Å². The SMILES string of the molecule is Cc1ccc(C(=O)COC(=O)c2ccc(N3C(=O)CC(C)C3=O)cc2)cc1C. The third-order valence-electron chi connectivity index (χ3n) is 4.90. The van der Waals surface area contributed by atoms with Crippen LogP contribution >= 0.6 is 0 Å². The Morgan fingerprint density at radius 2 is 1.64 bits per heavy atom. The molecule has 0 aliphatic carbocycles. The summed E-state index contributed by atoms with van der Waals surface area (Å²) in [5, 5.41) is 0. The second-order valence-corrected chi connectivity index (χ2v) is 7.02. The van der Waals surface area contributed by atoms with Crippen LogP contribution < -0.4 is 4.90 Å². The molecule has 0 radical (unpaired) electrons. The van der Waals surface area contributed by atoms with Gasteiger partial charge in [-0.1, -0.05) is 19.1 Å². The van der Waals surface area contributed by atoms with Gasteiger partial charge in [-0.05, 0) is 55.3 Å². The van der Waals surface area contributed by atoms with Crippen LogP contribution in [0.1, 0.15) is 45.2 Å². The number of nitrogens with zero attached hydrogens (tertiary/aromatic N) is 1. The van der Waals surface area contributed by atoms with E-state index in [2.05, 4.69) is 0 Å². The topological polar surface area (TPSA) is 80.8 Å². The fourth-order valence-corrected chi connectivity index (χ4v) is 3.01. The van der Waals surface area contributed by atoms with E-state index in [4.69, 9.17) is 4.74 Å². The van der Waals surface area contributed by atoms with Crippen LogP contribution in [0.25, 0.3) is 0 Å². The molecule has 1 fully saturated rings. The number of rotatable bonds is 5. The maximum atomic E-state index is 12.2. The molecule has 6 nitrogen and oxygen atoms in total. The number of imide groups is 1. The van der Waals surface area contributed by atoms with E-state index in [1.165, 1.54) is 24.3 Å². The largest absolute Gasteiger partial charge is 0.454 e.